The number of nitrogens with one attached hydrogen (secondary N) is 1. The van der Waals surface area contributed by atoms with Gasteiger partial charge in [-0.15, -0.1) is 0 Å². The maximum atomic E-state index is 12.3. The van der Waals surface area contributed by atoms with E-state index in [0.29, 0.717) is 22.1 Å². The number of primary amides is 1. The first kappa shape index (κ1) is 16.4. The summed E-state index contributed by atoms with van der Waals surface area (Å²) in [6.45, 7) is 1.68. The number of carbonyl (C=O) groups is 3. The largest absolute Gasteiger partial charge is 0.465 e. The van der Waals surface area contributed by atoms with Gasteiger partial charge in [-0.2, -0.15) is 0 Å². The fraction of sp³-hybridized carbons (Fsp3) is 0.571. The molecule has 0 spiro atoms. The summed E-state index contributed by atoms with van der Waals surface area (Å²) in [6.07, 6.45) is 2.73. The Hall–Kier alpha value is -1.96. The average Bonchev–Trinajstić information content (AvgIpc) is 2.87. The number of hydrogen-bond acceptors (Lipinski definition) is 6. The van der Waals surface area contributed by atoms with Gasteiger partial charge in [-0.25, -0.2) is 9.78 Å². The van der Waals surface area contributed by atoms with Crippen molar-refractivity contribution in [2.24, 2.45) is 17.6 Å². The van der Waals surface area contributed by atoms with Gasteiger partial charge in [-0.05, 0) is 26.2 Å². The Morgan fingerprint density at radius 1 is 1.32 bits per heavy atom. The molecule has 0 aromatic carbocycles. The molecule has 2 rings (SSSR count). The molecular weight excluding hydrogens is 306 g/mol. The second kappa shape index (κ2) is 6.87. The van der Waals surface area contributed by atoms with Crippen LogP contribution in [0.3, 0.4) is 0 Å². The van der Waals surface area contributed by atoms with E-state index in [1.165, 1.54) is 7.11 Å². The van der Waals surface area contributed by atoms with Crippen LogP contribution in [0.1, 0.15) is 41.0 Å². The number of aromatic nitrogens is 1. The van der Waals surface area contributed by atoms with Crippen LogP contribution in [0.2, 0.25) is 0 Å². The van der Waals surface area contributed by atoms with Crippen molar-refractivity contribution in [3.63, 3.8) is 0 Å². The molecule has 7 nitrogen and oxygen atoms in total. The second-order valence-electron chi connectivity index (χ2n) is 5.38. The standard InChI is InChI=1S/C14H19N3O4S/c1-7-10(13(20)21-2)22-14(16-7)17-12(19)9-5-3-4-8(6-9)11(15)18/h8-9H,3-6H2,1-2H3,(H2,15,18)(H,16,17,19). The molecule has 1 saturated carbocycles. The number of hydrogen-bond donors (Lipinski definition) is 2. The molecule has 120 valence electrons. The number of ether oxygens (including phenoxy) is 1. The molecular formula is C14H19N3O4S. The molecule has 2 amide bonds. The number of nitrogens with zero attached hydrogens (tertiary/aromatic N) is 1. The van der Waals surface area contributed by atoms with Gasteiger partial charge in [-0.3, -0.25) is 9.59 Å². The molecule has 1 aliphatic carbocycles. The fourth-order valence-corrected chi connectivity index (χ4v) is 3.51. The zero-order valence-corrected chi connectivity index (χ0v) is 13.4. The van der Waals surface area contributed by atoms with E-state index in [-0.39, 0.29) is 23.7 Å². The van der Waals surface area contributed by atoms with Gasteiger partial charge in [0, 0.05) is 11.8 Å². The van der Waals surface area contributed by atoms with Gasteiger partial charge in [0.2, 0.25) is 11.8 Å². The van der Waals surface area contributed by atoms with Crippen molar-refractivity contribution in [3.8, 4) is 0 Å². The van der Waals surface area contributed by atoms with Crippen LogP contribution in [0, 0.1) is 18.8 Å². The Labute approximate surface area is 132 Å². The highest BCUT2D eigenvalue weighted by atomic mass is 32.1. The minimum absolute atomic E-state index is 0.184. The molecule has 0 radical (unpaired) electrons. The Morgan fingerprint density at radius 2 is 2.00 bits per heavy atom. The van der Waals surface area contributed by atoms with Crippen LogP contribution in [-0.4, -0.2) is 29.9 Å². The van der Waals surface area contributed by atoms with Crippen molar-refractivity contribution in [2.75, 3.05) is 12.4 Å². The second-order valence-corrected chi connectivity index (χ2v) is 6.38. The molecule has 1 aromatic heterocycles. The van der Waals surface area contributed by atoms with Crippen LogP contribution in [0.4, 0.5) is 5.13 Å². The zero-order valence-electron chi connectivity index (χ0n) is 12.5. The van der Waals surface area contributed by atoms with Crippen molar-refractivity contribution in [1.82, 2.24) is 4.98 Å². The number of thiazole rings is 1. The van der Waals surface area contributed by atoms with Crippen molar-refractivity contribution in [2.45, 2.75) is 32.6 Å². The van der Waals surface area contributed by atoms with E-state index in [1.807, 2.05) is 0 Å². The Bertz CT molecular complexity index is 599. The monoisotopic (exact) mass is 325 g/mol. The molecule has 0 bridgehead atoms. The molecule has 22 heavy (non-hydrogen) atoms. The predicted octanol–water partition coefficient (Wildman–Crippen LogP) is 1.47. The first-order valence-electron chi connectivity index (χ1n) is 7.08. The lowest BCUT2D eigenvalue weighted by Crippen LogP contribution is -2.33. The number of amides is 2. The number of aryl methyl sites for hydroxylation is 1. The van der Waals surface area contributed by atoms with E-state index in [0.717, 1.165) is 30.6 Å². The van der Waals surface area contributed by atoms with Crippen molar-refractivity contribution in [1.29, 1.82) is 0 Å². The number of carbonyl (C=O) groups excluding carboxylic acids is 3. The van der Waals surface area contributed by atoms with Gasteiger partial charge in [0.25, 0.3) is 0 Å². The molecule has 2 unspecified atom stereocenters. The highest BCUT2D eigenvalue weighted by Crippen LogP contribution is 2.31. The Kier molecular flexibility index (Phi) is 5.12. The molecule has 1 aromatic rings. The smallest absolute Gasteiger partial charge is 0.350 e. The molecule has 3 N–H and O–H groups in total. The topological polar surface area (TPSA) is 111 Å². The van der Waals surface area contributed by atoms with Crippen LogP contribution in [0.25, 0.3) is 0 Å². The predicted molar refractivity (Wildman–Crippen MR) is 81.5 cm³/mol. The maximum absolute atomic E-state index is 12.3. The summed E-state index contributed by atoms with van der Waals surface area (Å²) in [6, 6.07) is 0. The van der Waals surface area contributed by atoms with E-state index in [9.17, 15) is 14.4 Å². The van der Waals surface area contributed by atoms with Crippen molar-refractivity contribution < 1.29 is 19.1 Å². The van der Waals surface area contributed by atoms with Gasteiger partial charge >= 0.3 is 5.97 Å². The molecule has 2 atom stereocenters. The normalized spacial score (nSPS) is 21.2. The van der Waals surface area contributed by atoms with Crippen LogP contribution in [0.15, 0.2) is 0 Å². The van der Waals surface area contributed by atoms with E-state index >= 15 is 0 Å². The lowest BCUT2D eigenvalue weighted by atomic mass is 9.80. The minimum atomic E-state index is -0.470. The summed E-state index contributed by atoms with van der Waals surface area (Å²) in [5.74, 6) is -1.50. The van der Waals surface area contributed by atoms with Crippen molar-refractivity contribution >= 4 is 34.3 Å². The molecule has 1 aliphatic rings. The number of esters is 1. The lowest BCUT2D eigenvalue weighted by Gasteiger charge is -2.25. The van der Waals surface area contributed by atoms with Crippen LogP contribution in [0.5, 0.6) is 0 Å². The van der Waals surface area contributed by atoms with Gasteiger partial charge in [0.15, 0.2) is 5.13 Å². The van der Waals surface area contributed by atoms with Crippen LogP contribution < -0.4 is 11.1 Å². The zero-order chi connectivity index (χ0) is 16.3. The minimum Gasteiger partial charge on any atom is -0.465 e. The van der Waals surface area contributed by atoms with E-state index < -0.39 is 5.97 Å². The number of anilines is 1. The van der Waals surface area contributed by atoms with Gasteiger partial charge < -0.3 is 15.8 Å². The van der Waals surface area contributed by atoms with Crippen LogP contribution >= 0.6 is 11.3 Å². The quantitative estimate of drug-likeness (QED) is 0.814. The SMILES string of the molecule is COC(=O)c1sc(NC(=O)C2CCCC(C(N)=O)C2)nc1C. The highest BCUT2D eigenvalue weighted by molar-refractivity contribution is 7.17. The molecule has 0 aliphatic heterocycles. The summed E-state index contributed by atoms with van der Waals surface area (Å²) in [5.41, 5.74) is 5.84. The summed E-state index contributed by atoms with van der Waals surface area (Å²) < 4.78 is 4.66. The van der Waals surface area contributed by atoms with Gasteiger partial charge in [0.05, 0.1) is 12.8 Å². The van der Waals surface area contributed by atoms with E-state index in [1.54, 1.807) is 6.92 Å². The maximum Gasteiger partial charge on any atom is 0.350 e. The first-order valence-corrected chi connectivity index (χ1v) is 7.90. The average molecular weight is 325 g/mol. The number of methoxy groups -OCH3 is 1. The van der Waals surface area contributed by atoms with Crippen molar-refractivity contribution in [3.05, 3.63) is 10.6 Å². The summed E-state index contributed by atoms with van der Waals surface area (Å²) in [4.78, 5) is 39.6. The van der Waals surface area contributed by atoms with Gasteiger partial charge in [-0.1, -0.05) is 17.8 Å². The molecule has 1 heterocycles. The third kappa shape index (κ3) is 3.62. The summed E-state index contributed by atoms with van der Waals surface area (Å²) in [7, 11) is 1.30. The number of nitrogens with two attached hydrogens (primary N) is 1. The van der Waals surface area contributed by atoms with E-state index in [4.69, 9.17) is 5.73 Å². The van der Waals surface area contributed by atoms with Crippen LogP contribution in [-0.2, 0) is 14.3 Å². The third-order valence-electron chi connectivity index (χ3n) is 3.84. The first-order chi connectivity index (χ1) is 10.4. The fourth-order valence-electron chi connectivity index (χ4n) is 2.63. The van der Waals surface area contributed by atoms with Gasteiger partial charge in [0.1, 0.15) is 4.88 Å². The van der Waals surface area contributed by atoms with E-state index in [2.05, 4.69) is 15.0 Å². The number of rotatable bonds is 4. The molecule has 0 saturated heterocycles. The third-order valence-corrected chi connectivity index (χ3v) is 4.90. The lowest BCUT2D eigenvalue weighted by molar-refractivity contribution is -0.125. The molecule has 1 fully saturated rings. The summed E-state index contributed by atoms with van der Waals surface area (Å²) in [5, 5.41) is 3.08. The Balaban J connectivity index is 2.03. The highest BCUT2D eigenvalue weighted by Gasteiger charge is 2.30. The molecule has 8 heteroatoms. The Morgan fingerprint density at radius 3 is 2.64 bits per heavy atom. The summed E-state index contributed by atoms with van der Waals surface area (Å²) >= 11 is 1.08.